The van der Waals surface area contributed by atoms with Crippen LogP contribution in [0.5, 0.6) is 0 Å². The third-order valence-electron chi connectivity index (χ3n) is 3.41. The Morgan fingerprint density at radius 3 is 2.50 bits per heavy atom. The van der Waals surface area contributed by atoms with E-state index in [4.69, 9.17) is 0 Å². The number of benzene rings is 1. The maximum atomic E-state index is 12.4. The summed E-state index contributed by atoms with van der Waals surface area (Å²) in [6.45, 7) is 10.4. The van der Waals surface area contributed by atoms with Gasteiger partial charge in [-0.3, -0.25) is 0 Å². The summed E-state index contributed by atoms with van der Waals surface area (Å²) in [5.41, 5.74) is 3.60. The van der Waals surface area contributed by atoms with Gasteiger partial charge >= 0.3 is 0 Å². The maximum Gasteiger partial charge on any atom is 0.145 e. The molecule has 1 unspecified atom stereocenters. The van der Waals surface area contributed by atoms with Crippen molar-refractivity contribution in [3.63, 3.8) is 0 Å². The van der Waals surface area contributed by atoms with Gasteiger partial charge in [-0.15, -0.1) is 0 Å². The fraction of sp³-hybridized carbons (Fsp3) is 0.562. The second kappa shape index (κ2) is 5.38. The number of nitrogens with zero attached hydrogens (tertiary/aromatic N) is 1. The highest BCUT2D eigenvalue weighted by atomic mass is 79.9. The smallest absolute Gasteiger partial charge is 0.145 e. The van der Waals surface area contributed by atoms with Crippen molar-refractivity contribution in [2.24, 2.45) is 9.81 Å². The molecule has 2 rings (SSSR count). The Hall–Kier alpha value is -0.480. The summed E-state index contributed by atoms with van der Waals surface area (Å²) in [5, 5.41) is 0. The van der Waals surface area contributed by atoms with Crippen molar-refractivity contribution in [3.05, 3.63) is 33.8 Å². The SMILES string of the molecule is CC1(C)CC(=NS(=O)C(C)(C)C)c2cc(Br)ccc2C1. The molecule has 0 heterocycles. The molecular weight excluding hydrogens is 334 g/mol. The number of fused-ring (bicyclic) bond motifs is 1. The highest BCUT2D eigenvalue weighted by molar-refractivity contribution is 9.10. The molecule has 2 nitrogen and oxygen atoms in total. The standard InChI is InChI=1S/C16H22BrNOS/c1-15(2,3)20(19)18-14-10-16(4,5)9-11-6-7-12(17)8-13(11)14/h6-8H,9-10H2,1-5H3. The van der Waals surface area contributed by atoms with E-state index in [1.807, 2.05) is 20.8 Å². The lowest BCUT2D eigenvalue weighted by Crippen LogP contribution is -2.29. The predicted molar refractivity (Wildman–Crippen MR) is 90.7 cm³/mol. The Morgan fingerprint density at radius 1 is 1.25 bits per heavy atom. The van der Waals surface area contributed by atoms with Gasteiger partial charge in [0.05, 0.1) is 10.5 Å². The largest absolute Gasteiger partial charge is 0.234 e. The molecule has 1 aliphatic rings. The van der Waals surface area contributed by atoms with Gasteiger partial charge < -0.3 is 0 Å². The van der Waals surface area contributed by atoms with Crippen LogP contribution in [0, 0.1) is 5.41 Å². The van der Waals surface area contributed by atoms with E-state index in [0.717, 1.165) is 28.6 Å². The molecule has 20 heavy (non-hydrogen) atoms. The molecule has 0 aliphatic heterocycles. The lowest BCUT2D eigenvalue weighted by Gasteiger charge is -2.32. The molecule has 110 valence electrons. The molecular formula is C16H22BrNOS. The first-order chi connectivity index (χ1) is 9.08. The van der Waals surface area contributed by atoms with Crippen LogP contribution in [0.15, 0.2) is 27.1 Å². The molecule has 0 radical (unpaired) electrons. The van der Waals surface area contributed by atoms with Crippen LogP contribution < -0.4 is 0 Å². The van der Waals surface area contributed by atoms with Crippen molar-refractivity contribution in [1.82, 2.24) is 0 Å². The zero-order chi connectivity index (χ0) is 15.1. The molecule has 1 aliphatic carbocycles. The van der Waals surface area contributed by atoms with Gasteiger partial charge in [-0.05, 0) is 56.7 Å². The van der Waals surface area contributed by atoms with Crippen molar-refractivity contribution in [2.75, 3.05) is 0 Å². The van der Waals surface area contributed by atoms with Crippen LogP contribution in [0.25, 0.3) is 0 Å². The van der Waals surface area contributed by atoms with Gasteiger partial charge in [0.2, 0.25) is 0 Å². The fourth-order valence-corrected chi connectivity index (χ4v) is 3.41. The van der Waals surface area contributed by atoms with Crippen molar-refractivity contribution < 1.29 is 4.21 Å². The van der Waals surface area contributed by atoms with E-state index in [-0.39, 0.29) is 10.2 Å². The Kier molecular flexibility index (Phi) is 4.27. The van der Waals surface area contributed by atoms with Crippen molar-refractivity contribution in [1.29, 1.82) is 0 Å². The number of rotatable bonds is 1. The van der Waals surface area contributed by atoms with Crippen LogP contribution in [0.1, 0.15) is 52.2 Å². The van der Waals surface area contributed by atoms with Crippen LogP contribution in [-0.4, -0.2) is 14.7 Å². The van der Waals surface area contributed by atoms with Gasteiger partial charge in [-0.25, -0.2) is 4.21 Å². The van der Waals surface area contributed by atoms with E-state index >= 15 is 0 Å². The molecule has 0 bridgehead atoms. The van der Waals surface area contributed by atoms with E-state index in [2.05, 4.69) is 52.4 Å². The third-order valence-corrected chi connectivity index (χ3v) is 5.34. The van der Waals surface area contributed by atoms with E-state index in [0.29, 0.717) is 0 Å². The highest BCUT2D eigenvalue weighted by Gasteiger charge is 2.31. The number of hydrogen-bond acceptors (Lipinski definition) is 1. The van der Waals surface area contributed by atoms with Crippen LogP contribution in [0.2, 0.25) is 0 Å². The lowest BCUT2D eigenvalue weighted by atomic mass is 9.73. The third kappa shape index (κ3) is 3.59. The first-order valence-electron chi connectivity index (χ1n) is 6.87. The van der Waals surface area contributed by atoms with E-state index in [1.54, 1.807) is 0 Å². The fourth-order valence-electron chi connectivity index (χ4n) is 2.42. The molecule has 1 aromatic rings. The highest BCUT2D eigenvalue weighted by Crippen LogP contribution is 2.36. The monoisotopic (exact) mass is 355 g/mol. The Bertz CT molecular complexity index is 585. The van der Waals surface area contributed by atoms with Gasteiger partial charge in [0, 0.05) is 10.0 Å². The van der Waals surface area contributed by atoms with Gasteiger partial charge in [-0.1, -0.05) is 35.8 Å². The molecule has 0 saturated heterocycles. The number of halogens is 1. The Morgan fingerprint density at radius 2 is 1.90 bits per heavy atom. The zero-order valence-corrected chi connectivity index (χ0v) is 15.2. The molecule has 1 atom stereocenters. The molecule has 0 N–H and O–H groups in total. The maximum absolute atomic E-state index is 12.4. The topological polar surface area (TPSA) is 29.4 Å². The van der Waals surface area contributed by atoms with Crippen molar-refractivity contribution >= 4 is 32.6 Å². The van der Waals surface area contributed by atoms with Crippen molar-refractivity contribution in [2.45, 2.75) is 52.2 Å². The summed E-state index contributed by atoms with van der Waals surface area (Å²) < 4.78 is 17.6. The normalized spacial score (nSPS) is 21.6. The average molecular weight is 356 g/mol. The van der Waals surface area contributed by atoms with E-state index in [1.165, 1.54) is 5.56 Å². The summed E-state index contributed by atoms with van der Waals surface area (Å²) in [6, 6.07) is 6.32. The Labute approximate surface area is 132 Å². The summed E-state index contributed by atoms with van der Waals surface area (Å²) in [4.78, 5) is 0. The second-order valence-electron chi connectivity index (χ2n) is 7.22. The average Bonchev–Trinajstić information content (AvgIpc) is 2.27. The van der Waals surface area contributed by atoms with Gasteiger partial charge in [-0.2, -0.15) is 4.40 Å². The summed E-state index contributed by atoms with van der Waals surface area (Å²) in [6.07, 6.45) is 1.91. The minimum Gasteiger partial charge on any atom is -0.234 e. The molecule has 1 aromatic carbocycles. The van der Waals surface area contributed by atoms with Crippen LogP contribution in [0.4, 0.5) is 0 Å². The second-order valence-corrected chi connectivity index (χ2v) is 10.0. The molecule has 0 spiro atoms. The van der Waals surface area contributed by atoms with E-state index < -0.39 is 11.0 Å². The van der Waals surface area contributed by atoms with Crippen LogP contribution >= 0.6 is 15.9 Å². The molecule has 4 heteroatoms. The van der Waals surface area contributed by atoms with Crippen LogP contribution in [-0.2, 0) is 17.4 Å². The van der Waals surface area contributed by atoms with Crippen molar-refractivity contribution in [3.8, 4) is 0 Å². The molecule has 0 aromatic heterocycles. The summed E-state index contributed by atoms with van der Waals surface area (Å²) in [7, 11) is -1.21. The Balaban J connectivity index is 2.51. The summed E-state index contributed by atoms with van der Waals surface area (Å²) >= 11 is 3.52. The summed E-state index contributed by atoms with van der Waals surface area (Å²) in [5.74, 6) is 0. The minimum atomic E-state index is -1.21. The van der Waals surface area contributed by atoms with Gasteiger partial charge in [0.15, 0.2) is 0 Å². The quantitative estimate of drug-likeness (QED) is 0.719. The van der Waals surface area contributed by atoms with Gasteiger partial charge in [0.25, 0.3) is 0 Å². The lowest BCUT2D eigenvalue weighted by molar-refractivity contribution is 0.373. The van der Waals surface area contributed by atoms with Gasteiger partial charge in [0.1, 0.15) is 11.0 Å². The predicted octanol–water partition coefficient (Wildman–Crippen LogP) is 4.67. The first kappa shape index (κ1) is 15.9. The van der Waals surface area contributed by atoms with Crippen LogP contribution in [0.3, 0.4) is 0 Å². The van der Waals surface area contributed by atoms with E-state index in [9.17, 15) is 4.21 Å². The first-order valence-corrected chi connectivity index (χ1v) is 8.77. The molecule has 0 saturated carbocycles. The number of hydrogen-bond donors (Lipinski definition) is 0. The molecule has 0 amide bonds. The minimum absolute atomic E-state index is 0.168. The molecule has 0 fully saturated rings. The zero-order valence-electron chi connectivity index (χ0n) is 12.8.